The van der Waals surface area contributed by atoms with Crippen molar-refractivity contribution < 1.29 is 0 Å². The molecule has 0 radical (unpaired) electrons. The molecule has 0 spiro atoms. The summed E-state index contributed by atoms with van der Waals surface area (Å²) in [5.74, 6) is 0. The fourth-order valence-electron chi connectivity index (χ4n) is 3.04. The van der Waals surface area contributed by atoms with Crippen molar-refractivity contribution in [2.45, 2.75) is 38.9 Å². The number of fused-ring (bicyclic) bond motifs is 3. The molecule has 0 aromatic rings. The Kier molecular flexibility index (Phi) is 2.39. The van der Waals surface area contributed by atoms with Gasteiger partial charge < -0.3 is 9.80 Å². The van der Waals surface area contributed by atoms with E-state index < -0.39 is 0 Å². The summed E-state index contributed by atoms with van der Waals surface area (Å²) in [6, 6.07) is 1.56. The molecule has 1 fully saturated rings. The van der Waals surface area contributed by atoms with Gasteiger partial charge in [-0.3, -0.25) is 0 Å². The molecule has 3 aliphatic heterocycles. The van der Waals surface area contributed by atoms with Crippen LogP contribution in [0.15, 0.2) is 47.9 Å². The lowest BCUT2D eigenvalue weighted by atomic mass is 9.91. The average Bonchev–Trinajstić information content (AvgIpc) is 2.30. The Hall–Kier alpha value is -1.44. The highest BCUT2D eigenvalue weighted by molar-refractivity contribution is 5.33. The van der Waals surface area contributed by atoms with Crippen LogP contribution < -0.4 is 0 Å². The number of piperazine rings is 1. The van der Waals surface area contributed by atoms with Crippen LogP contribution in [0.2, 0.25) is 0 Å². The van der Waals surface area contributed by atoms with Crippen LogP contribution in [-0.4, -0.2) is 34.5 Å². The van der Waals surface area contributed by atoms with Crippen molar-refractivity contribution in [1.82, 2.24) is 9.80 Å². The molecular formula is C15H20N2. The van der Waals surface area contributed by atoms with Gasteiger partial charge in [0.05, 0.1) is 12.1 Å². The third-order valence-corrected chi connectivity index (χ3v) is 3.97. The number of rotatable bonds is 0. The molecule has 0 aromatic heterocycles. The molecule has 1 saturated heterocycles. The van der Waals surface area contributed by atoms with Crippen molar-refractivity contribution in [2.75, 3.05) is 6.54 Å². The van der Waals surface area contributed by atoms with Crippen LogP contribution in [0.4, 0.5) is 0 Å². The van der Waals surface area contributed by atoms with Crippen LogP contribution in [0.1, 0.15) is 20.8 Å². The highest BCUT2D eigenvalue weighted by Gasteiger charge is 2.36. The molecular weight excluding hydrogens is 208 g/mol. The molecule has 3 rings (SSSR count). The van der Waals surface area contributed by atoms with Crippen molar-refractivity contribution in [3.8, 4) is 0 Å². The Balaban J connectivity index is 1.97. The van der Waals surface area contributed by atoms with Gasteiger partial charge in [0.1, 0.15) is 0 Å². The normalized spacial score (nSPS) is 35.1. The summed E-state index contributed by atoms with van der Waals surface area (Å²) in [6.07, 6.45) is 13.8. The van der Waals surface area contributed by atoms with E-state index in [1.807, 2.05) is 0 Å². The number of hydrogen-bond donors (Lipinski definition) is 0. The summed E-state index contributed by atoms with van der Waals surface area (Å²) in [7, 11) is 0. The largest absolute Gasteiger partial charge is 0.367 e. The first kappa shape index (κ1) is 10.7. The Morgan fingerprint density at radius 3 is 2.41 bits per heavy atom. The minimum atomic E-state index is 0.489. The van der Waals surface area contributed by atoms with Gasteiger partial charge in [0.2, 0.25) is 0 Å². The summed E-state index contributed by atoms with van der Waals surface area (Å²) in [6.45, 7) is 7.79. The van der Waals surface area contributed by atoms with Crippen molar-refractivity contribution in [3.63, 3.8) is 0 Å². The van der Waals surface area contributed by atoms with Crippen LogP contribution in [-0.2, 0) is 0 Å². The molecule has 3 heterocycles. The molecule has 0 aliphatic carbocycles. The second-order valence-corrected chi connectivity index (χ2v) is 5.43. The molecule has 2 heteroatoms. The number of nitrogens with zero attached hydrogens (tertiary/aromatic N) is 2. The lowest BCUT2D eigenvalue weighted by Gasteiger charge is -2.51. The Bertz CT molecular complexity index is 442. The van der Waals surface area contributed by atoms with Crippen LogP contribution in [0.5, 0.6) is 0 Å². The maximum atomic E-state index is 2.50. The maximum absolute atomic E-state index is 2.50. The minimum absolute atomic E-state index is 0.489. The first-order valence-electron chi connectivity index (χ1n) is 6.41. The van der Waals surface area contributed by atoms with E-state index in [0.29, 0.717) is 18.1 Å². The van der Waals surface area contributed by atoms with Crippen molar-refractivity contribution in [1.29, 1.82) is 0 Å². The summed E-state index contributed by atoms with van der Waals surface area (Å²) >= 11 is 0. The average molecular weight is 228 g/mol. The fourth-order valence-corrected chi connectivity index (χ4v) is 3.04. The topological polar surface area (TPSA) is 6.48 Å². The molecule has 0 aromatic carbocycles. The molecule has 17 heavy (non-hydrogen) atoms. The van der Waals surface area contributed by atoms with Crippen LogP contribution in [0, 0.1) is 0 Å². The van der Waals surface area contributed by atoms with E-state index in [9.17, 15) is 0 Å². The molecule has 90 valence electrons. The van der Waals surface area contributed by atoms with Crippen molar-refractivity contribution >= 4 is 0 Å². The van der Waals surface area contributed by atoms with Gasteiger partial charge >= 0.3 is 0 Å². The fraction of sp³-hybridized carbons (Fsp3) is 0.467. The smallest absolute Gasteiger partial charge is 0.0716 e. The standard InChI is InChI=1S/C15H20N2/c1-11-4-6-16-10-13(3)17-7-5-12(2)9-15(17)14(16)8-11/h4-9,13-15H,10H2,1-3H3. The zero-order valence-electron chi connectivity index (χ0n) is 10.8. The predicted octanol–water partition coefficient (Wildman–Crippen LogP) is 2.68. The van der Waals surface area contributed by atoms with E-state index in [1.54, 1.807) is 0 Å². The quantitative estimate of drug-likeness (QED) is 0.629. The minimum Gasteiger partial charge on any atom is -0.367 e. The van der Waals surface area contributed by atoms with Gasteiger partial charge in [-0.05, 0) is 32.9 Å². The third kappa shape index (κ3) is 1.72. The number of allylic oxidation sites excluding steroid dienone is 4. The highest BCUT2D eigenvalue weighted by Crippen LogP contribution is 2.30. The molecule has 2 nitrogen and oxygen atoms in total. The summed E-state index contributed by atoms with van der Waals surface area (Å²) in [5, 5.41) is 0. The second kappa shape index (κ2) is 3.80. The Morgan fingerprint density at radius 2 is 1.65 bits per heavy atom. The highest BCUT2D eigenvalue weighted by atomic mass is 15.3. The van der Waals surface area contributed by atoms with Gasteiger partial charge in [-0.25, -0.2) is 0 Å². The maximum Gasteiger partial charge on any atom is 0.0716 e. The van der Waals surface area contributed by atoms with Gasteiger partial charge in [0, 0.05) is 25.0 Å². The molecule has 0 N–H and O–H groups in total. The van der Waals surface area contributed by atoms with Crippen LogP contribution in [0.25, 0.3) is 0 Å². The SMILES string of the molecule is CC1=CC2C3C=C(C)C=CN3C(C)CN2C=C1. The molecule has 3 aliphatic rings. The molecule has 3 unspecified atom stereocenters. The monoisotopic (exact) mass is 228 g/mol. The summed E-state index contributed by atoms with van der Waals surface area (Å²) in [5.41, 5.74) is 2.75. The van der Waals surface area contributed by atoms with Crippen LogP contribution >= 0.6 is 0 Å². The van der Waals surface area contributed by atoms with Crippen molar-refractivity contribution in [3.05, 3.63) is 47.9 Å². The molecule has 0 amide bonds. The first-order chi connectivity index (χ1) is 8.15. The Labute approximate surface area is 104 Å². The van der Waals surface area contributed by atoms with Gasteiger partial charge in [-0.15, -0.1) is 0 Å². The van der Waals surface area contributed by atoms with E-state index in [1.165, 1.54) is 11.1 Å². The second-order valence-electron chi connectivity index (χ2n) is 5.43. The first-order valence-corrected chi connectivity index (χ1v) is 6.41. The van der Waals surface area contributed by atoms with Gasteiger partial charge in [-0.1, -0.05) is 23.3 Å². The van der Waals surface area contributed by atoms with Crippen molar-refractivity contribution in [2.24, 2.45) is 0 Å². The van der Waals surface area contributed by atoms with E-state index in [2.05, 4.69) is 67.3 Å². The lowest BCUT2D eigenvalue weighted by Crippen LogP contribution is -2.59. The predicted molar refractivity (Wildman–Crippen MR) is 71.4 cm³/mol. The third-order valence-electron chi connectivity index (χ3n) is 3.97. The van der Waals surface area contributed by atoms with E-state index in [0.717, 1.165) is 6.54 Å². The summed E-state index contributed by atoms with van der Waals surface area (Å²) < 4.78 is 0. The van der Waals surface area contributed by atoms with Gasteiger partial charge in [0.25, 0.3) is 0 Å². The van der Waals surface area contributed by atoms with E-state index >= 15 is 0 Å². The lowest BCUT2D eigenvalue weighted by molar-refractivity contribution is 0.0838. The Morgan fingerprint density at radius 1 is 1.00 bits per heavy atom. The van der Waals surface area contributed by atoms with Crippen LogP contribution in [0.3, 0.4) is 0 Å². The molecule has 3 atom stereocenters. The summed E-state index contributed by atoms with van der Waals surface area (Å²) in [4.78, 5) is 4.97. The van der Waals surface area contributed by atoms with E-state index in [4.69, 9.17) is 0 Å². The zero-order chi connectivity index (χ0) is 12.0. The molecule has 0 saturated carbocycles. The van der Waals surface area contributed by atoms with E-state index in [-0.39, 0.29) is 0 Å². The van der Waals surface area contributed by atoms with Gasteiger partial charge in [-0.2, -0.15) is 0 Å². The zero-order valence-corrected chi connectivity index (χ0v) is 10.8. The van der Waals surface area contributed by atoms with Gasteiger partial charge in [0.15, 0.2) is 0 Å². The molecule has 0 bridgehead atoms. The number of hydrogen-bond acceptors (Lipinski definition) is 2.